The van der Waals surface area contributed by atoms with E-state index < -0.39 is 10.0 Å². The minimum absolute atomic E-state index is 0.0106. The molecule has 0 aromatic heterocycles. The molecule has 1 N–H and O–H groups in total. The number of benzene rings is 1. The molecule has 3 fully saturated rings. The van der Waals surface area contributed by atoms with Gasteiger partial charge in [0.25, 0.3) is 0 Å². The van der Waals surface area contributed by atoms with Gasteiger partial charge in [0.1, 0.15) is 6.04 Å². The Kier molecular flexibility index (Phi) is 6.67. The van der Waals surface area contributed by atoms with E-state index in [9.17, 15) is 18.0 Å². The molecule has 8 heteroatoms. The van der Waals surface area contributed by atoms with Crippen LogP contribution in [-0.4, -0.2) is 61.2 Å². The van der Waals surface area contributed by atoms with Crippen molar-refractivity contribution in [3.05, 3.63) is 29.8 Å². The quantitative estimate of drug-likeness (QED) is 0.751. The van der Waals surface area contributed by atoms with E-state index in [-0.39, 0.29) is 29.8 Å². The monoisotopic (exact) mass is 447 g/mol. The average Bonchev–Trinajstić information content (AvgIpc) is 3.46. The zero-order valence-corrected chi connectivity index (χ0v) is 19.1. The predicted molar refractivity (Wildman–Crippen MR) is 118 cm³/mol. The molecule has 31 heavy (non-hydrogen) atoms. The summed E-state index contributed by atoms with van der Waals surface area (Å²) < 4.78 is 27.3. The summed E-state index contributed by atoms with van der Waals surface area (Å²) in [5, 5.41) is 3.14. The smallest absolute Gasteiger partial charge is 0.243 e. The molecule has 0 radical (unpaired) electrons. The van der Waals surface area contributed by atoms with Crippen LogP contribution in [0.15, 0.2) is 29.2 Å². The second-order valence-corrected chi connectivity index (χ2v) is 11.1. The fourth-order valence-electron chi connectivity index (χ4n) is 5.11. The van der Waals surface area contributed by atoms with Crippen molar-refractivity contribution in [3.63, 3.8) is 0 Å². The number of piperidine rings is 1. The number of hydrogen-bond acceptors (Lipinski definition) is 4. The number of amides is 2. The van der Waals surface area contributed by atoms with Gasteiger partial charge in [0.2, 0.25) is 21.8 Å². The summed E-state index contributed by atoms with van der Waals surface area (Å²) in [6, 6.07) is 6.75. The summed E-state index contributed by atoms with van der Waals surface area (Å²) in [6.45, 7) is 3.20. The van der Waals surface area contributed by atoms with Gasteiger partial charge in [0, 0.05) is 31.6 Å². The maximum Gasteiger partial charge on any atom is 0.243 e. The first-order valence-corrected chi connectivity index (χ1v) is 13.0. The van der Waals surface area contributed by atoms with E-state index in [0.717, 1.165) is 37.7 Å². The van der Waals surface area contributed by atoms with Crippen LogP contribution in [0.25, 0.3) is 0 Å². The van der Waals surface area contributed by atoms with Crippen molar-refractivity contribution in [1.82, 2.24) is 14.5 Å². The van der Waals surface area contributed by atoms with Crippen LogP contribution in [0.3, 0.4) is 0 Å². The van der Waals surface area contributed by atoms with Crippen LogP contribution in [0.1, 0.15) is 56.9 Å². The molecule has 2 aliphatic heterocycles. The fraction of sp³-hybridized carbons (Fsp3) is 0.652. The molecule has 1 aliphatic carbocycles. The highest BCUT2D eigenvalue weighted by Gasteiger charge is 2.40. The molecule has 0 unspecified atom stereocenters. The zero-order valence-electron chi connectivity index (χ0n) is 18.3. The molecule has 2 heterocycles. The van der Waals surface area contributed by atoms with Crippen molar-refractivity contribution >= 4 is 21.8 Å². The van der Waals surface area contributed by atoms with Gasteiger partial charge >= 0.3 is 0 Å². The van der Waals surface area contributed by atoms with Crippen LogP contribution in [-0.2, 0) is 19.6 Å². The number of sulfonamides is 1. The van der Waals surface area contributed by atoms with Crippen LogP contribution < -0.4 is 5.32 Å². The molecule has 3 aliphatic rings. The van der Waals surface area contributed by atoms with Crippen molar-refractivity contribution in [2.24, 2.45) is 5.92 Å². The third kappa shape index (κ3) is 4.80. The highest BCUT2D eigenvalue weighted by atomic mass is 32.2. The second-order valence-electron chi connectivity index (χ2n) is 9.17. The number of carbonyl (C=O) groups is 2. The van der Waals surface area contributed by atoms with Crippen LogP contribution >= 0.6 is 0 Å². The van der Waals surface area contributed by atoms with Crippen LogP contribution in [0.2, 0.25) is 0 Å². The van der Waals surface area contributed by atoms with Gasteiger partial charge in [-0.05, 0) is 57.6 Å². The predicted octanol–water partition coefficient (Wildman–Crippen LogP) is 2.45. The Balaban J connectivity index is 1.35. The topological polar surface area (TPSA) is 86.8 Å². The maximum atomic E-state index is 13.2. The van der Waals surface area contributed by atoms with Gasteiger partial charge in [-0.1, -0.05) is 30.5 Å². The average molecular weight is 448 g/mol. The molecule has 1 aromatic rings. The van der Waals surface area contributed by atoms with Gasteiger partial charge in [0.05, 0.1) is 4.90 Å². The lowest BCUT2D eigenvalue weighted by molar-refractivity contribution is -0.142. The number of rotatable bonds is 5. The SMILES string of the molecule is Cc1ccc(S(=O)(=O)N2CCC(C(=O)N3CCC[C@@H]3C(=O)NC3CCCC3)CC2)cc1. The van der Waals surface area contributed by atoms with Crippen LogP contribution in [0, 0.1) is 12.8 Å². The molecular weight excluding hydrogens is 414 g/mol. The van der Waals surface area contributed by atoms with Gasteiger partial charge in [-0.15, -0.1) is 0 Å². The summed E-state index contributed by atoms with van der Waals surface area (Å²) in [6.07, 6.45) is 6.92. The lowest BCUT2D eigenvalue weighted by Crippen LogP contribution is -2.51. The molecule has 1 atom stereocenters. The first-order valence-electron chi connectivity index (χ1n) is 11.5. The Labute approximate surface area is 185 Å². The van der Waals surface area contributed by atoms with E-state index >= 15 is 0 Å². The molecule has 1 saturated carbocycles. The molecule has 4 rings (SSSR count). The Morgan fingerprint density at radius 1 is 0.903 bits per heavy atom. The number of likely N-dealkylation sites (tertiary alicyclic amines) is 1. The van der Waals surface area contributed by atoms with E-state index in [1.54, 1.807) is 29.2 Å². The second kappa shape index (κ2) is 9.28. The zero-order chi connectivity index (χ0) is 22.0. The molecular formula is C23H33N3O4S. The molecule has 7 nitrogen and oxygen atoms in total. The first-order chi connectivity index (χ1) is 14.9. The highest BCUT2D eigenvalue weighted by molar-refractivity contribution is 7.89. The van der Waals surface area contributed by atoms with Crippen molar-refractivity contribution in [2.75, 3.05) is 19.6 Å². The number of nitrogens with one attached hydrogen (secondary N) is 1. The van der Waals surface area contributed by atoms with Crippen molar-refractivity contribution in [1.29, 1.82) is 0 Å². The summed E-state index contributed by atoms with van der Waals surface area (Å²) in [5.41, 5.74) is 1.01. The van der Waals surface area contributed by atoms with Crippen LogP contribution in [0.5, 0.6) is 0 Å². The number of carbonyl (C=O) groups excluding carboxylic acids is 2. The Bertz CT molecular complexity index is 901. The lowest BCUT2D eigenvalue weighted by atomic mass is 9.96. The molecule has 0 spiro atoms. The third-order valence-corrected chi connectivity index (χ3v) is 8.91. The summed E-state index contributed by atoms with van der Waals surface area (Å²) in [7, 11) is -3.54. The van der Waals surface area contributed by atoms with Crippen LogP contribution in [0.4, 0.5) is 0 Å². The standard InChI is InChI=1S/C23H33N3O4S/c1-17-8-10-20(11-9-17)31(29,30)25-15-12-18(13-16-25)23(28)26-14-4-7-21(26)22(27)24-19-5-2-3-6-19/h8-11,18-19,21H,2-7,12-16H2,1H3,(H,24,27)/t21-/m1/s1. The van der Waals surface area contributed by atoms with Crippen molar-refractivity contribution in [3.8, 4) is 0 Å². The lowest BCUT2D eigenvalue weighted by Gasteiger charge is -2.34. The summed E-state index contributed by atoms with van der Waals surface area (Å²) >= 11 is 0. The minimum Gasteiger partial charge on any atom is -0.352 e. The van der Waals surface area contributed by atoms with Crippen molar-refractivity contribution < 1.29 is 18.0 Å². The normalized spacial score (nSPS) is 23.9. The van der Waals surface area contributed by atoms with Gasteiger partial charge in [-0.25, -0.2) is 8.42 Å². The number of nitrogens with zero attached hydrogens (tertiary/aromatic N) is 2. The first kappa shape index (κ1) is 22.3. The highest BCUT2D eigenvalue weighted by Crippen LogP contribution is 2.28. The van der Waals surface area contributed by atoms with Gasteiger partial charge in [-0.2, -0.15) is 4.31 Å². The molecule has 0 bridgehead atoms. The Hall–Kier alpha value is -1.93. The molecule has 2 saturated heterocycles. The van der Waals surface area contributed by atoms with E-state index in [1.807, 2.05) is 6.92 Å². The molecule has 2 amide bonds. The van der Waals surface area contributed by atoms with E-state index in [4.69, 9.17) is 0 Å². The fourth-order valence-corrected chi connectivity index (χ4v) is 6.58. The van der Waals surface area contributed by atoms with Gasteiger partial charge in [-0.3, -0.25) is 9.59 Å². The van der Waals surface area contributed by atoms with E-state index in [1.165, 1.54) is 4.31 Å². The van der Waals surface area contributed by atoms with Gasteiger partial charge < -0.3 is 10.2 Å². The van der Waals surface area contributed by atoms with E-state index in [2.05, 4.69) is 5.32 Å². The number of aryl methyl sites for hydroxylation is 1. The molecule has 170 valence electrons. The van der Waals surface area contributed by atoms with E-state index in [0.29, 0.717) is 43.8 Å². The summed E-state index contributed by atoms with van der Waals surface area (Å²) in [5.74, 6) is -0.224. The minimum atomic E-state index is -3.54. The largest absolute Gasteiger partial charge is 0.352 e. The third-order valence-electron chi connectivity index (χ3n) is 7.00. The number of hydrogen-bond donors (Lipinski definition) is 1. The Morgan fingerprint density at radius 2 is 1.55 bits per heavy atom. The summed E-state index contributed by atoms with van der Waals surface area (Å²) in [4.78, 5) is 28.0. The van der Waals surface area contributed by atoms with Gasteiger partial charge in [0.15, 0.2) is 0 Å². The molecule has 1 aromatic carbocycles. The Morgan fingerprint density at radius 3 is 2.19 bits per heavy atom. The van der Waals surface area contributed by atoms with Crippen molar-refractivity contribution in [2.45, 2.75) is 75.3 Å². The maximum absolute atomic E-state index is 13.2.